The third-order valence-corrected chi connectivity index (χ3v) is 4.65. The summed E-state index contributed by atoms with van der Waals surface area (Å²) in [6.07, 6.45) is 0.978. The molecular weight excluding hydrogens is 330 g/mol. The average Bonchev–Trinajstić information content (AvgIpc) is 2.54. The van der Waals surface area contributed by atoms with Crippen LogP contribution >= 0.6 is 0 Å². The van der Waals surface area contributed by atoms with Gasteiger partial charge in [0, 0.05) is 0 Å². The molecule has 2 aromatic carbocycles. The molecule has 24 heavy (non-hydrogen) atoms. The van der Waals surface area contributed by atoms with Crippen LogP contribution in [0.4, 0.5) is 5.69 Å². The van der Waals surface area contributed by atoms with Gasteiger partial charge in [-0.15, -0.1) is 0 Å². The molecule has 0 bridgehead atoms. The summed E-state index contributed by atoms with van der Waals surface area (Å²) < 4.78 is 30.3. The highest BCUT2D eigenvalue weighted by molar-refractivity contribution is 7.92. The minimum absolute atomic E-state index is 0.277. The monoisotopic (exact) mass is 349 g/mol. The quantitative estimate of drug-likeness (QED) is 0.830. The fourth-order valence-electron chi connectivity index (χ4n) is 2.23. The van der Waals surface area contributed by atoms with Gasteiger partial charge in [0.05, 0.1) is 11.9 Å². The van der Waals surface area contributed by atoms with Gasteiger partial charge in [-0.3, -0.25) is 4.31 Å². The number of hydrogen-bond donors (Lipinski definition) is 1. The van der Waals surface area contributed by atoms with Gasteiger partial charge in [-0.2, -0.15) is 0 Å². The van der Waals surface area contributed by atoms with Crippen molar-refractivity contribution in [2.75, 3.05) is 10.6 Å². The van der Waals surface area contributed by atoms with Crippen LogP contribution < -0.4 is 9.04 Å². The molecule has 1 atom stereocenters. The highest BCUT2D eigenvalue weighted by atomic mass is 32.2. The second-order valence-corrected chi connectivity index (χ2v) is 7.20. The maximum atomic E-state index is 11.9. The Kier molecular flexibility index (Phi) is 5.46. The van der Waals surface area contributed by atoms with Crippen molar-refractivity contribution >= 4 is 21.7 Å². The van der Waals surface area contributed by atoms with Gasteiger partial charge in [-0.25, -0.2) is 13.2 Å². The molecule has 0 heterocycles. The molecule has 1 N–H and O–H groups in total. The Hall–Kier alpha value is -2.54. The number of anilines is 1. The summed E-state index contributed by atoms with van der Waals surface area (Å²) in [5.41, 5.74) is 1.29. The predicted molar refractivity (Wildman–Crippen MR) is 91.6 cm³/mol. The zero-order chi connectivity index (χ0) is 17.7. The molecule has 7 heteroatoms. The average molecular weight is 349 g/mol. The van der Waals surface area contributed by atoms with Crippen molar-refractivity contribution in [2.45, 2.75) is 19.6 Å². The lowest BCUT2D eigenvalue weighted by molar-refractivity contribution is -0.137. The largest absolute Gasteiger partial charge is 0.489 e. The maximum absolute atomic E-state index is 11.9. The van der Waals surface area contributed by atoms with Gasteiger partial charge in [0.15, 0.2) is 0 Å². The minimum Gasteiger partial charge on any atom is -0.489 e. The SMILES string of the molecule is CC(C(=O)O)N(c1ccc(OCc2ccccc2)cc1)S(C)(=O)=O. The first-order valence-corrected chi connectivity index (χ1v) is 9.13. The summed E-state index contributed by atoms with van der Waals surface area (Å²) in [4.78, 5) is 11.2. The van der Waals surface area contributed by atoms with Crippen molar-refractivity contribution in [1.82, 2.24) is 0 Å². The molecule has 128 valence electrons. The van der Waals surface area contributed by atoms with Gasteiger partial charge < -0.3 is 9.84 Å². The number of rotatable bonds is 7. The third-order valence-electron chi connectivity index (χ3n) is 3.41. The van der Waals surface area contributed by atoms with Crippen molar-refractivity contribution in [3.63, 3.8) is 0 Å². The molecule has 0 spiro atoms. The Morgan fingerprint density at radius 1 is 1.12 bits per heavy atom. The number of hydrogen-bond acceptors (Lipinski definition) is 4. The lowest BCUT2D eigenvalue weighted by atomic mass is 10.2. The van der Waals surface area contributed by atoms with Crippen LogP contribution in [0.5, 0.6) is 5.75 Å². The van der Waals surface area contributed by atoms with Crippen LogP contribution in [0, 0.1) is 0 Å². The molecule has 0 amide bonds. The van der Waals surface area contributed by atoms with Gasteiger partial charge in [-0.05, 0) is 36.8 Å². The summed E-state index contributed by atoms with van der Waals surface area (Å²) in [7, 11) is -3.72. The molecule has 6 nitrogen and oxygen atoms in total. The van der Waals surface area contributed by atoms with E-state index in [1.54, 1.807) is 12.1 Å². The standard InChI is InChI=1S/C17H19NO5S/c1-13(17(19)20)18(24(2,21)22)15-8-10-16(11-9-15)23-12-14-6-4-3-5-7-14/h3-11,13H,12H2,1-2H3,(H,19,20). The molecule has 0 aromatic heterocycles. The number of carboxylic acid groups (broad SMARTS) is 1. The van der Waals surface area contributed by atoms with Crippen molar-refractivity contribution in [3.05, 3.63) is 60.2 Å². The molecular formula is C17H19NO5S. The molecule has 2 rings (SSSR count). The highest BCUT2D eigenvalue weighted by Gasteiger charge is 2.28. The van der Waals surface area contributed by atoms with Gasteiger partial charge in [0.2, 0.25) is 10.0 Å². The lowest BCUT2D eigenvalue weighted by Crippen LogP contribution is -2.42. The van der Waals surface area contributed by atoms with E-state index < -0.39 is 22.0 Å². The summed E-state index contributed by atoms with van der Waals surface area (Å²) in [6, 6.07) is 14.7. The summed E-state index contributed by atoms with van der Waals surface area (Å²) in [6.45, 7) is 1.71. The zero-order valence-corrected chi connectivity index (χ0v) is 14.2. The summed E-state index contributed by atoms with van der Waals surface area (Å²) in [5.74, 6) is -0.649. The Morgan fingerprint density at radius 2 is 1.71 bits per heavy atom. The van der Waals surface area contributed by atoms with Crippen molar-refractivity contribution in [3.8, 4) is 5.75 Å². The predicted octanol–water partition coefficient (Wildman–Crippen LogP) is 2.50. The zero-order valence-electron chi connectivity index (χ0n) is 13.4. The van der Waals surface area contributed by atoms with Gasteiger partial charge in [-0.1, -0.05) is 30.3 Å². The van der Waals surface area contributed by atoms with Crippen molar-refractivity contribution < 1.29 is 23.1 Å². The highest BCUT2D eigenvalue weighted by Crippen LogP contribution is 2.24. The van der Waals surface area contributed by atoms with E-state index in [0.29, 0.717) is 12.4 Å². The van der Waals surface area contributed by atoms with E-state index in [0.717, 1.165) is 16.1 Å². The van der Waals surface area contributed by atoms with Crippen LogP contribution in [-0.2, 0) is 21.4 Å². The first kappa shape index (κ1) is 17.8. The molecule has 0 saturated heterocycles. The molecule has 0 saturated carbocycles. The van der Waals surface area contributed by atoms with Gasteiger partial charge >= 0.3 is 5.97 Å². The van der Waals surface area contributed by atoms with Crippen LogP contribution in [0.2, 0.25) is 0 Å². The van der Waals surface area contributed by atoms with Gasteiger partial charge in [0.1, 0.15) is 18.4 Å². The lowest BCUT2D eigenvalue weighted by Gasteiger charge is -2.26. The Balaban J connectivity index is 2.16. The Bertz CT molecular complexity index is 787. The molecule has 0 aliphatic heterocycles. The van der Waals surface area contributed by atoms with E-state index in [1.165, 1.54) is 19.1 Å². The minimum atomic E-state index is -3.72. The first-order valence-electron chi connectivity index (χ1n) is 7.28. The van der Waals surface area contributed by atoms with E-state index >= 15 is 0 Å². The first-order chi connectivity index (χ1) is 11.3. The Labute approximate surface area is 141 Å². The van der Waals surface area contributed by atoms with Gasteiger partial charge in [0.25, 0.3) is 0 Å². The normalized spacial score (nSPS) is 12.4. The number of ether oxygens (including phenoxy) is 1. The second-order valence-electron chi connectivity index (χ2n) is 5.34. The number of nitrogens with zero attached hydrogens (tertiary/aromatic N) is 1. The van der Waals surface area contributed by atoms with Crippen LogP contribution in [0.25, 0.3) is 0 Å². The van der Waals surface area contributed by atoms with Crippen LogP contribution in [0.15, 0.2) is 54.6 Å². The molecule has 0 radical (unpaired) electrons. The number of benzene rings is 2. The van der Waals surface area contributed by atoms with E-state index in [4.69, 9.17) is 9.84 Å². The number of aliphatic carboxylic acids is 1. The van der Waals surface area contributed by atoms with Crippen LogP contribution in [-0.4, -0.2) is 31.8 Å². The van der Waals surface area contributed by atoms with E-state index in [1.807, 2.05) is 30.3 Å². The van der Waals surface area contributed by atoms with Crippen molar-refractivity contribution in [1.29, 1.82) is 0 Å². The van der Waals surface area contributed by atoms with E-state index in [-0.39, 0.29) is 5.69 Å². The Morgan fingerprint density at radius 3 is 2.21 bits per heavy atom. The maximum Gasteiger partial charge on any atom is 0.327 e. The number of carbonyl (C=O) groups is 1. The van der Waals surface area contributed by atoms with Crippen LogP contribution in [0.3, 0.4) is 0 Å². The fraction of sp³-hybridized carbons (Fsp3) is 0.235. The van der Waals surface area contributed by atoms with Crippen LogP contribution in [0.1, 0.15) is 12.5 Å². The fourth-order valence-corrected chi connectivity index (χ4v) is 3.40. The van der Waals surface area contributed by atoms with E-state index in [9.17, 15) is 13.2 Å². The molecule has 0 aliphatic rings. The molecule has 0 aliphatic carbocycles. The topological polar surface area (TPSA) is 83.9 Å². The third kappa shape index (κ3) is 4.48. The molecule has 2 aromatic rings. The smallest absolute Gasteiger partial charge is 0.327 e. The van der Waals surface area contributed by atoms with E-state index in [2.05, 4.69) is 0 Å². The second kappa shape index (κ2) is 7.35. The molecule has 1 unspecified atom stereocenters. The number of carboxylic acids is 1. The summed E-state index contributed by atoms with van der Waals surface area (Å²) in [5, 5.41) is 9.11. The number of sulfonamides is 1. The summed E-state index contributed by atoms with van der Waals surface area (Å²) >= 11 is 0. The molecule has 0 fully saturated rings. The van der Waals surface area contributed by atoms with Crippen molar-refractivity contribution in [2.24, 2.45) is 0 Å².